The fourth-order valence-corrected chi connectivity index (χ4v) is 3.33. The molecule has 5 nitrogen and oxygen atoms in total. The number of hydrogen-bond donors (Lipinski definition) is 1. The zero-order valence-electron chi connectivity index (χ0n) is 12.7. The summed E-state index contributed by atoms with van der Waals surface area (Å²) >= 11 is 7.11. The molecule has 2 aromatic rings. The highest BCUT2D eigenvalue weighted by molar-refractivity contribution is 7.17. The molecule has 1 aromatic carbocycles. The number of benzene rings is 1. The molecule has 1 fully saturated rings. The van der Waals surface area contributed by atoms with E-state index in [4.69, 9.17) is 11.6 Å². The fraction of sp³-hybridized carbons (Fsp3) is 0.118. The third-order valence-electron chi connectivity index (χ3n) is 3.59. The molecule has 1 saturated heterocycles. The van der Waals surface area contributed by atoms with Gasteiger partial charge in [-0.3, -0.25) is 14.9 Å². The van der Waals surface area contributed by atoms with Crippen molar-refractivity contribution >= 4 is 52.5 Å². The average Bonchev–Trinajstić information content (AvgIpc) is 2.97. The van der Waals surface area contributed by atoms with Gasteiger partial charge in [-0.2, -0.15) is 0 Å². The predicted molar refractivity (Wildman–Crippen MR) is 94.2 cm³/mol. The molecule has 0 saturated carbocycles. The van der Waals surface area contributed by atoms with Gasteiger partial charge in [-0.25, -0.2) is 9.69 Å². The van der Waals surface area contributed by atoms with Gasteiger partial charge in [-0.1, -0.05) is 30.7 Å². The number of hydrogen-bond acceptors (Lipinski definition) is 4. The molecule has 24 heavy (non-hydrogen) atoms. The maximum atomic E-state index is 12.7. The number of carbonyl (C=O) groups is 3. The van der Waals surface area contributed by atoms with Crippen LogP contribution in [0.4, 0.5) is 10.5 Å². The number of barbiturate groups is 1. The molecule has 3 rings (SSSR count). The summed E-state index contributed by atoms with van der Waals surface area (Å²) in [6.07, 6.45) is 2.29. The first-order valence-electron chi connectivity index (χ1n) is 7.25. The van der Waals surface area contributed by atoms with Gasteiger partial charge in [0.2, 0.25) is 0 Å². The van der Waals surface area contributed by atoms with E-state index in [1.54, 1.807) is 24.3 Å². The second kappa shape index (κ2) is 6.59. The van der Waals surface area contributed by atoms with Gasteiger partial charge in [-0.05, 0) is 42.3 Å². The van der Waals surface area contributed by atoms with Gasteiger partial charge in [0.15, 0.2) is 0 Å². The zero-order valence-corrected chi connectivity index (χ0v) is 14.3. The van der Waals surface area contributed by atoms with Gasteiger partial charge < -0.3 is 0 Å². The Bertz CT molecular complexity index is 855. The van der Waals surface area contributed by atoms with E-state index in [1.807, 2.05) is 19.1 Å². The summed E-state index contributed by atoms with van der Waals surface area (Å²) in [7, 11) is 0. The monoisotopic (exact) mass is 360 g/mol. The number of nitrogens with one attached hydrogen (secondary N) is 1. The fourth-order valence-electron chi connectivity index (χ4n) is 2.32. The van der Waals surface area contributed by atoms with E-state index < -0.39 is 17.8 Å². The Morgan fingerprint density at radius 3 is 2.42 bits per heavy atom. The van der Waals surface area contributed by atoms with Gasteiger partial charge in [-0.15, -0.1) is 11.3 Å². The molecule has 0 atom stereocenters. The van der Waals surface area contributed by atoms with E-state index >= 15 is 0 Å². The summed E-state index contributed by atoms with van der Waals surface area (Å²) in [5, 5.41) is 2.19. The second-order valence-electron chi connectivity index (χ2n) is 5.12. The van der Waals surface area contributed by atoms with Gasteiger partial charge in [0.1, 0.15) is 5.57 Å². The van der Waals surface area contributed by atoms with Crippen molar-refractivity contribution < 1.29 is 14.4 Å². The minimum Gasteiger partial charge on any atom is -0.273 e. The number of amides is 4. The van der Waals surface area contributed by atoms with E-state index in [9.17, 15) is 14.4 Å². The van der Waals surface area contributed by atoms with Crippen molar-refractivity contribution in [3.8, 4) is 0 Å². The molecular formula is C17H13ClN2O3S. The molecule has 1 aromatic heterocycles. The molecule has 0 bridgehead atoms. The Kier molecular flexibility index (Phi) is 4.51. The first kappa shape index (κ1) is 16.4. The van der Waals surface area contributed by atoms with Gasteiger partial charge in [0, 0.05) is 4.88 Å². The van der Waals surface area contributed by atoms with Crippen LogP contribution >= 0.6 is 22.9 Å². The van der Waals surface area contributed by atoms with Crippen LogP contribution in [0.5, 0.6) is 0 Å². The summed E-state index contributed by atoms with van der Waals surface area (Å²) in [4.78, 5) is 38.4. The highest BCUT2D eigenvalue weighted by atomic mass is 35.5. The molecule has 4 amide bonds. The number of anilines is 1. The molecule has 122 valence electrons. The van der Waals surface area contributed by atoms with Crippen LogP contribution in [-0.2, 0) is 16.0 Å². The number of halogens is 1. The van der Waals surface area contributed by atoms with Crippen LogP contribution in [0.25, 0.3) is 6.08 Å². The molecule has 7 heteroatoms. The van der Waals surface area contributed by atoms with Crippen molar-refractivity contribution in [2.45, 2.75) is 13.3 Å². The Labute approximate surface area is 147 Å². The van der Waals surface area contributed by atoms with Crippen LogP contribution in [0.15, 0.2) is 42.0 Å². The maximum Gasteiger partial charge on any atom is 0.335 e. The van der Waals surface area contributed by atoms with E-state index in [0.717, 1.165) is 16.9 Å². The Hall–Kier alpha value is -2.44. The molecular weight excluding hydrogens is 348 g/mol. The van der Waals surface area contributed by atoms with Crippen LogP contribution in [0, 0.1) is 0 Å². The van der Waals surface area contributed by atoms with Crippen LogP contribution in [0.1, 0.15) is 17.4 Å². The second-order valence-corrected chi connectivity index (χ2v) is 6.87. The van der Waals surface area contributed by atoms with Gasteiger partial charge >= 0.3 is 6.03 Å². The molecule has 1 N–H and O–H groups in total. The molecule has 0 unspecified atom stereocenters. The first-order chi connectivity index (χ1) is 11.5. The highest BCUT2D eigenvalue weighted by Crippen LogP contribution is 2.26. The number of imide groups is 2. The number of urea groups is 1. The normalized spacial score (nSPS) is 16.7. The van der Waals surface area contributed by atoms with E-state index in [0.29, 0.717) is 14.9 Å². The van der Waals surface area contributed by atoms with Crippen molar-refractivity contribution in [2.24, 2.45) is 0 Å². The summed E-state index contributed by atoms with van der Waals surface area (Å²) in [6.45, 7) is 2.01. The van der Waals surface area contributed by atoms with Crippen molar-refractivity contribution in [1.82, 2.24) is 5.32 Å². The summed E-state index contributed by atoms with van der Waals surface area (Å²) in [6, 6.07) is 9.68. The molecule has 1 aliphatic rings. The third kappa shape index (κ3) is 3.11. The van der Waals surface area contributed by atoms with Gasteiger partial charge in [0.05, 0.1) is 10.0 Å². The number of aryl methyl sites for hydroxylation is 1. The lowest BCUT2D eigenvalue weighted by atomic mass is 10.1. The quantitative estimate of drug-likeness (QED) is 0.671. The predicted octanol–water partition coefficient (Wildman–Crippen LogP) is 3.63. The zero-order chi connectivity index (χ0) is 17.3. The largest absolute Gasteiger partial charge is 0.335 e. The van der Waals surface area contributed by atoms with E-state index in [1.165, 1.54) is 17.4 Å². The van der Waals surface area contributed by atoms with E-state index in [2.05, 4.69) is 5.32 Å². The highest BCUT2D eigenvalue weighted by Gasteiger charge is 2.36. The molecule has 0 aliphatic carbocycles. The topological polar surface area (TPSA) is 66.5 Å². The maximum absolute atomic E-state index is 12.7. The minimum absolute atomic E-state index is 0.104. The SMILES string of the molecule is CCc1ccc(N2C(=O)NC(=O)/C(=C\c3ccc(Cl)s3)C2=O)cc1. The molecule has 0 radical (unpaired) electrons. The van der Waals surface area contributed by atoms with Crippen molar-refractivity contribution in [1.29, 1.82) is 0 Å². The van der Waals surface area contributed by atoms with Crippen LogP contribution in [-0.4, -0.2) is 17.8 Å². The van der Waals surface area contributed by atoms with Crippen molar-refractivity contribution in [2.75, 3.05) is 4.90 Å². The van der Waals surface area contributed by atoms with Crippen LogP contribution in [0.3, 0.4) is 0 Å². The lowest BCUT2D eigenvalue weighted by Gasteiger charge is -2.26. The lowest BCUT2D eigenvalue weighted by molar-refractivity contribution is -0.122. The Morgan fingerprint density at radius 1 is 1.12 bits per heavy atom. The summed E-state index contributed by atoms with van der Waals surface area (Å²) in [5.74, 6) is -1.37. The van der Waals surface area contributed by atoms with Crippen LogP contribution in [0.2, 0.25) is 4.34 Å². The standard InChI is InChI=1S/C17H13ClN2O3S/c1-2-10-3-5-11(6-4-10)20-16(22)13(15(21)19-17(20)23)9-12-7-8-14(18)24-12/h3-9H,2H2,1H3,(H,19,21,23)/b13-9+. The molecule has 1 aliphatic heterocycles. The molecule has 0 spiro atoms. The number of thiophene rings is 1. The summed E-state index contributed by atoms with van der Waals surface area (Å²) < 4.78 is 0.550. The summed E-state index contributed by atoms with van der Waals surface area (Å²) in [5.41, 5.74) is 1.40. The van der Waals surface area contributed by atoms with Gasteiger partial charge in [0.25, 0.3) is 11.8 Å². The number of nitrogens with zero attached hydrogens (tertiary/aromatic N) is 1. The van der Waals surface area contributed by atoms with Crippen LogP contribution < -0.4 is 10.2 Å². The van der Waals surface area contributed by atoms with E-state index in [-0.39, 0.29) is 5.57 Å². The average molecular weight is 361 g/mol. The minimum atomic E-state index is -0.754. The third-order valence-corrected chi connectivity index (χ3v) is 4.76. The smallest absolute Gasteiger partial charge is 0.273 e. The Balaban J connectivity index is 1.97. The van der Waals surface area contributed by atoms with Crippen molar-refractivity contribution in [3.63, 3.8) is 0 Å². The first-order valence-corrected chi connectivity index (χ1v) is 8.44. The van der Waals surface area contributed by atoms with Crippen molar-refractivity contribution in [3.05, 3.63) is 56.7 Å². The number of carbonyl (C=O) groups excluding carboxylic acids is 3. The molecule has 2 heterocycles. The number of rotatable bonds is 3. The lowest BCUT2D eigenvalue weighted by Crippen LogP contribution is -2.54. The Morgan fingerprint density at radius 2 is 1.83 bits per heavy atom.